The van der Waals surface area contributed by atoms with Gasteiger partial charge in [0.15, 0.2) is 11.6 Å². The van der Waals surface area contributed by atoms with Gasteiger partial charge in [-0.25, -0.2) is 9.97 Å². The van der Waals surface area contributed by atoms with Gasteiger partial charge in [-0.2, -0.15) is 9.36 Å². The molecule has 9 heteroatoms. The Morgan fingerprint density at radius 3 is 2.86 bits per heavy atom. The van der Waals surface area contributed by atoms with E-state index in [9.17, 15) is 4.79 Å². The molecule has 0 aliphatic carbocycles. The van der Waals surface area contributed by atoms with Crippen molar-refractivity contribution in [2.24, 2.45) is 0 Å². The van der Waals surface area contributed by atoms with Gasteiger partial charge in [-0.05, 0) is 44.5 Å². The highest BCUT2D eigenvalue weighted by atomic mass is 32.1. The van der Waals surface area contributed by atoms with Crippen LogP contribution in [-0.4, -0.2) is 37.9 Å². The molecule has 4 heterocycles. The van der Waals surface area contributed by atoms with Gasteiger partial charge in [0.1, 0.15) is 11.4 Å². The van der Waals surface area contributed by atoms with Gasteiger partial charge in [-0.15, -0.1) is 0 Å². The number of ether oxygens (including phenoxy) is 1. The van der Waals surface area contributed by atoms with Gasteiger partial charge in [-0.1, -0.05) is 0 Å². The molecule has 1 fully saturated rings. The molecule has 144 valence electrons. The van der Waals surface area contributed by atoms with Crippen molar-refractivity contribution in [3.8, 4) is 17.3 Å². The fourth-order valence-corrected chi connectivity index (χ4v) is 3.52. The average molecular weight is 396 g/mol. The Balaban J connectivity index is 1.52. The van der Waals surface area contributed by atoms with Crippen molar-refractivity contribution >= 4 is 34.1 Å². The molecular formula is C19H20N6O2S. The molecule has 3 aromatic rings. The summed E-state index contributed by atoms with van der Waals surface area (Å²) < 4.78 is 9.98. The summed E-state index contributed by atoms with van der Waals surface area (Å²) in [4.78, 5) is 27.1. The van der Waals surface area contributed by atoms with E-state index in [1.54, 1.807) is 17.3 Å². The van der Waals surface area contributed by atoms with Crippen LogP contribution >= 0.6 is 11.5 Å². The first kappa shape index (κ1) is 18.3. The first-order valence-electron chi connectivity index (χ1n) is 9.09. The standard InChI is InChI=1S/C19H20N6O2S/c1-12(2)27-13-7-8-14(21-11-13)17-22-19(28-24-17)23-18-15(5-3-9-20-18)25-10-4-6-16(25)26/h3,5,7-9,11-12H,4,6,10H2,1-2H3,(H,20,22,23,24). The SMILES string of the molecule is CC(C)Oc1ccc(-c2nsc(Nc3ncccc3N3CCCC3=O)n2)nc1. The first-order chi connectivity index (χ1) is 13.6. The second-order valence-corrected chi connectivity index (χ2v) is 7.37. The zero-order valence-electron chi connectivity index (χ0n) is 15.6. The largest absolute Gasteiger partial charge is 0.489 e. The molecule has 0 bridgehead atoms. The Labute approximate surface area is 166 Å². The molecule has 0 saturated carbocycles. The molecule has 3 aromatic heterocycles. The monoisotopic (exact) mass is 396 g/mol. The highest BCUT2D eigenvalue weighted by Gasteiger charge is 2.24. The smallest absolute Gasteiger partial charge is 0.227 e. The van der Waals surface area contributed by atoms with E-state index < -0.39 is 0 Å². The molecule has 8 nitrogen and oxygen atoms in total. The predicted molar refractivity (Wildman–Crippen MR) is 108 cm³/mol. The van der Waals surface area contributed by atoms with Crippen LogP contribution in [0.1, 0.15) is 26.7 Å². The molecule has 0 aromatic carbocycles. The number of hydrogen-bond donors (Lipinski definition) is 1. The van der Waals surface area contributed by atoms with E-state index in [1.165, 1.54) is 11.5 Å². The number of carbonyl (C=O) groups excluding carboxylic acids is 1. The lowest BCUT2D eigenvalue weighted by Gasteiger charge is -2.18. The van der Waals surface area contributed by atoms with Crippen LogP contribution in [-0.2, 0) is 4.79 Å². The summed E-state index contributed by atoms with van der Waals surface area (Å²) in [6, 6.07) is 7.39. The van der Waals surface area contributed by atoms with Gasteiger partial charge < -0.3 is 15.0 Å². The van der Waals surface area contributed by atoms with E-state index in [2.05, 4.69) is 24.6 Å². The van der Waals surface area contributed by atoms with Crippen molar-refractivity contribution in [2.45, 2.75) is 32.8 Å². The Kier molecular flexibility index (Phi) is 5.16. The van der Waals surface area contributed by atoms with Crippen LogP contribution in [0.15, 0.2) is 36.7 Å². The van der Waals surface area contributed by atoms with Crippen molar-refractivity contribution in [2.75, 3.05) is 16.8 Å². The maximum absolute atomic E-state index is 12.1. The van der Waals surface area contributed by atoms with E-state index in [4.69, 9.17) is 4.74 Å². The molecule has 1 aliphatic rings. The molecule has 1 saturated heterocycles. The summed E-state index contributed by atoms with van der Waals surface area (Å²) >= 11 is 1.22. The second kappa shape index (κ2) is 7.89. The van der Waals surface area contributed by atoms with Crippen LogP contribution < -0.4 is 15.0 Å². The van der Waals surface area contributed by atoms with E-state index in [1.807, 2.05) is 38.1 Å². The first-order valence-corrected chi connectivity index (χ1v) is 9.86. The third kappa shape index (κ3) is 3.94. The van der Waals surface area contributed by atoms with E-state index in [0.717, 1.165) is 12.1 Å². The van der Waals surface area contributed by atoms with Crippen LogP contribution in [0.5, 0.6) is 5.75 Å². The van der Waals surface area contributed by atoms with Crippen LogP contribution in [0.3, 0.4) is 0 Å². The Hall–Kier alpha value is -3.07. The van der Waals surface area contributed by atoms with Crippen molar-refractivity contribution < 1.29 is 9.53 Å². The summed E-state index contributed by atoms with van der Waals surface area (Å²) in [5.74, 6) is 1.94. The minimum atomic E-state index is 0.0934. The molecule has 28 heavy (non-hydrogen) atoms. The lowest BCUT2D eigenvalue weighted by Crippen LogP contribution is -2.24. The molecule has 1 aliphatic heterocycles. The highest BCUT2D eigenvalue weighted by Crippen LogP contribution is 2.31. The van der Waals surface area contributed by atoms with E-state index in [-0.39, 0.29) is 12.0 Å². The molecule has 4 rings (SSSR count). The fraction of sp³-hybridized carbons (Fsp3) is 0.316. The van der Waals surface area contributed by atoms with Gasteiger partial charge in [0.25, 0.3) is 0 Å². The van der Waals surface area contributed by atoms with Gasteiger partial charge in [0, 0.05) is 30.7 Å². The Morgan fingerprint density at radius 1 is 1.25 bits per heavy atom. The maximum atomic E-state index is 12.1. The molecule has 0 unspecified atom stereocenters. The lowest BCUT2D eigenvalue weighted by atomic mass is 10.3. The minimum absolute atomic E-state index is 0.0934. The zero-order chi connectivity index (χ0) is 19.5. The average Bonchev–Trinajstić information content (AvgIpc) is 3.32. The molecule has 1 N–H and O–H groups in total. The molecule has 0 radical (unpaired) electrons. The molecular weight excluding hydrogens is 376 g/mol. The van der Waals surface area contributed by atoms with Crippen LogP contribution in [0, 0.1) is 0 Å². The van der Waals surface area contributed by atoms with E-state index in [0.29, 0.717) is 41.2 Å². The van der Waals surface area contributed by atoms with Gasteiger partial charge in [0.05, 0.1) is 18.0 Å². The summed E-state index contributed by atoms with van der Waals surface area (Å²) in [7, 11) is 0. The van der Waals surface area contributed by atoms with Crippen LogP contribution in [0.25, 0.3) is 11.5 Å². The number of anilines is 3. The number of amides is 1. The topological polar surface area (TPSA) is 93.1 Å². The van der Waals surface area contributed by atoms with Crippen molar-refractivity contribution in [1.82, 2.24) is 19.3 Å². The summed E-state index contributed by atoms with van der Waals surface area (Å²) in [6.45, 7) is 4.64. The molecule has 1 amide bonds. The van der Waals surface area contributed by atoms with Crippen LogP contribution in [0.2, 0.25) is 0 Å². The molecule has 0 atom stereocenters. The Bertz CT molecular complexity index is 973. The number of rotatable bonds is 6. The number of pyridine rings is 2. The number of carbonyl (C=O) groups is 1. The summed E-state index contributed by atoms with van der Waals surface area (Å²) in [5, 5.41) is 3.77. The van der Waals surface area contributed by atoms with Gasteiger partial charge >= 0.3 is 0 Å². The van der Waals surface area contributed by atoms with Crippen molar-refractivity contribution in [3.63, 3.8) is 0 Å². The van der Waals surface area contributed by atoms with Crippen LogP contribution in [0.4, 0.5) is 16.6 Å². The second-order valence-electron chi connectivity index (χ2n) is 6.61. The third-order valence-electron chi connectivity index (χ3n) is 4.14. The van der Waals surface area contributed by atoms with Crippen molar-refractivity contribution in [3.05, 3.63) is 36.7 Å². The fourth-order valence-electron chi connectivity index (χ4n) is 2.95. The summed E-state index contributed by atoms with van der Waals surface area (Å²) in [5.41, 5.74) is 1.42. The highest BCUT2D eigenvalue weighted by molar-refractivity contribution is 7.09. The van der Waals surface area contributed by atoms with Crippen molar-refractivity contribution in [1.29, 1.82) is 0 Å². The normalized spacial score (nSPS) is 14.0. The Morgan fingerprint density at radius 2 is 2.14 bits per heavy atom. The predicted octanol–water partition coefficient (Wildman–Crippen LogP) is 3.65. The number of aromatic nitrogens is 4. The quantitative estimate of drug-likeness (QED) is 0.680. The van der Waals surface area contributed by atoms with Gasteiger partial charge in [-0.3, -0.25) is 4.79 Å². The summed E-state index contributed by atoms with van der Waals surface area (Å²) in [6.07, 6.45) is 4.87. The zero-order valence-corrected chi connectivity index (χ0v) is 16.4. The number of nitrogens with one attached hydrogen (secondary N) is 1. The molecule has 0 spiro atoms. The van der Waals surface area contributed by atoms with E-state index >= 15 is 0 Å². The minimum Gasteiger partial charge on any atom is -0.489 e. The third-order valence-corrected chi connectivity index (χ3v) is 4.77. The maximum Gasteiger partial charge on any atom is 0.227 e. The number of hydrogen-bond acceptors (Lipinski definition) is 8. The van der Waals surface area contributed by atoms with Gasteiger partial charge in [0.2, 0.25) is 11.0 Å². The number of nitrogens with zero attached hydrogens (tertiary/aromatic N) is 5. The lowest BCUT2D eigenvalue weighted by molar-refractivity contribution is -0.117.